The van der Waals surface area contributed by atoms with Gasteiger partial charge in [0.1, 0.15) is 6.33 Å². The number of hydrogen-bond donors (Lipinski definition) is 1. The predicted molar refractivity (Wildman–Crippen MR) is 83.9 cm³/mol. The molecule has 6 nitrogen and oxygen atoms in total. The number of aromatic nitrogens is 3. The maximum atomic E-state index is 12.2. The van der Waals surface area contributed by atoms with E-state index in [1.54, 1.807) is 18.3 Å². The van der Waals surface area contributed by atoms with Crippen molar-refractivity contribution >= 4 is 11.6 Å². The van der Waals surface area contributed by atoms with Crippen LogP contribution in [0.2, 0.25) is 0 Å². The molecular formula is C16H20N4O2. The molecule has 2 heterocycles. The Kier molecular flexibility index (Phi) is 5.41. The van der Waals surface area contributed by atoms with Crippen LogP contribution in [-0.4, -0.2) is 27.5 Å². The largest absolute Gasteiger partial charge is 0.477 e. The van der Waals surface area contributed by atoms with Crippen molar-refractivity contribution < 1.29 is 9.53 Å². The van der Waals surface area contributed by atoms with E-state index in [0.717, 1.165) is 5.69 Å². The molecule has 2 rings (SSSR count). The Morgan fingerprint density at radius 1 is 1.27 bits per heavy atom. The lowest BCUT2D eigenvalue weighted by atomic mass is 10.2. The summed E-state index contributed by atoms with van der Waals surface area (Å²) >= 11 is 0. The summed E-state index contributed by atoms with van der Waals surface area (Å²) in [4.78, 5) is 24.4. The normalized spacial score (nSPS) is 10.5. The minimum atomic E-state index is -0.241. The Bertz CT molecular complexity index is 626. The van der Waals surface area contributed by atoms with E-state index in [2.05, 4.69) is 34.1 Å². The van der Waals surface area contributed by atoms with Crippen LogP contribution in [0.5, 0.6) is 5.88 Å². The Morgan fingerprint density at radius 2 is 2.09 bits per heavy atom. The molecule has 116 valence electrons. The standard InChI is InChI=1S/C16H20N4O2/c1-4-14-13(8-17-10-19-14)16(21)20-12-5-6-15(18-7-12)22-9-11(2)3/h5-8,10-11H,4,9H2,1-3H3,(H,20,21). The molecule has 0 fully saturated rings. The molecule has 2 aromatic heterocycles. The number of anilines is 1. The minimum absolute atomic E-state index is 0.241. The summed E-state index contributed by atoms with van der Waals surface area (Å²) in [5.41, 5.74) is 1.80. The lowest BCUT2D eigenvalue weighted by Crippen LogP contribution is -2.15. The van der Waals surface area contributed by atoms with Gasteiger partial charge in [0, 0.05) is 12.3 Å². The van der Waals surface area contributed by atoms with Gasteiger partial charge in [-0.2, -0.15) is 0 Å². The average molecular weight is 300 g/mol. The number of amides is 1. The molecule has 0 aliphatic rings. The van der Waals surface area contributed by atoms with Crippen molar-refractivity contribution in [3.8, 4) is 5.88 Å². The monoisotopic (exact) mass is 300 g/mol. The van der Waals surface area contributed by atoms with Gasteiger partial charge < -0.3 is 10.1 Å². The number of nitrogens with one attached hydrogen (secondary N) is 1. The van der Waals surface area contributed by atoms with Gasteiger partial charge in [-0.1, -0.05) is 20.8 Å². The summed E-state index contributed by atoms with van der Waals surface area (Å²) in [5, 5.41) is 2.79. The van der Waals surface area contributed by atoms with E-state index < -0.39 is 0 Å². The van der Waals surface area contributed by atoms with Crippen LogP contribution >= 0.6 is 0 Å². The second-order valence-corrected chi connectivity index (χ2v) is 5.28. The molecule has 0 unspecified atom stereocenters. The smallest absolute Gasteiger partial charge is 0.259 e. The highest BCUT2D eigenvalue weighted by molar-refractivity contribution is 6.04. The second kappa shape index (κ2) is 7.49. The van der Waals surface area contributed by atoms with Gasteiger partial charge in [0.15, 0.2) is 0 Å². The Morgan fingerprint density at radius 3 is 2.73 bits per heavy atom. The number of nitrogens with zero attached hydrogens (tertiary/aromatic N) is 3. The molecule has 0 bridgehead atoms. The third-order valence-electron chi connectivity index (χ3n) is 2.93. The first-order valence-corrected chi connectivity index (χ1v) is 7.29. The molecule has 1 amide bonds. The van der Waals surface area contributed by atoms with Crippen molar-refractivity contribution in [2.45, 2.75) is 27.2 Å². The third kappa shape index (κ3) is 4.25. The van der Waals surface area contributed by atoms with Gasteiger partial charge in [-0.05, 0) is 18.4 Å². The first-order chi connectivity index (χ1) is 10.6. The van der Waals surface area contributed by atoms with E-state index in [1.807, 2.05) is 6.92 Å². The van der Waals surface area contributed by atoms with E-state index in [-0.39, 0.29) is 5.91 Å². The molecule has 0 saturated heterocycles. The van der Waals surface area contributed by atoms with Crippen molar-refractivity contribution in [2.75, 3.05) is 11.9 Å². The summed E-state index contributed by atoms with van der Waals surface area (Å²) in [5.74, 6) is 0.741. The summed E-state index contributed by atoms with van der Waals surface area (Å²) < 4.78 is 5.50. The first kappa shape index (κ1) is 15.9. The van der Waals surface area contributed by atoms with Gasteiger partial charge in [0.05, 0.1) is 29.7 Å². The van der Waals surface area contributed by atoms with E-state index in [9.17, 15) is 4.79 Å². The summed E-state index contributed by atoms with van der Waals surface area (Å²) in [6.07, 6.45) is 5.21. The van der Waals surface area contributed by atoms with Gasteiger partial charge in [0.2, 0.25) is 5.88 Å². The fourth-order valence-electron chi connectivity index (χ4n) is 1.82. The minimum Gasteiger partial charge on any atom is -0.477 e. The molecule has 1 N–H and O–H groups in total. The van der Waals surface area contributed by atoms with Gasteiger partial charge in [-0.3, -0.25) is 4.79 Å². The van der Waals surface area contributed by atoms with Crippen LogP contribution in [0.4, 0.5) is 5.69 Å². The summed E-state index contributed by atoms with van der Waals surface area (Å²) in [7, 11) is 0. The number of pyridine rings is 1. The Labute approximate surface area is 130 Å². The van der Waals surface area contributed by atoms with Crippen LogP contribution in [0, 0.1) is 5.92 Å². The highest BCUT2D eigenvalue weighted by atomic mass is 16.5. The Hall–Kier alpha value is -2.50. The topological polar surface area (TPSA) is 77.0 Å². The third-order valence-corrected chi connectivity index (χ3v) is 2.93. The number of ether oxygens (including phenoxy) is 1. The van der Waals surface area contributed by atoms with Crippen molar-refractivity contribution in [2.24, 2.45) is 5.92 Å². The van der Waals surface area contributed by atoms with Gasteiger partial charge in [-0.25, -0.2) is 15.0 Å². The van der Waals surface area contributed by atoms with E-state index in [1.165, 1.54) is 12.5 Å². The van der Waals surface area contributed by atoms with Crippen molar-refractivity contribution in [1.29, 1.82) is 0 Å². The zero-order valence-electron chi connectivity index (χ0n) is 13.0. The van der Waals surface area contributed by atoms with Crippen molar-refractivity contribution in [3.05, 3.63) is 42.1 Å². The quantitative estimate of drug-likeness (QED) is 0.887. The predicted octanol–water partition coefficient (Wildman–Crippen LogP) is 2.72. The first-order valence-electron chi connectivity index (χ1n) is 7.29. The van der Waals surface area contributed by atoms with Crippen LogP contribution in [0.3, 0.4) is 0 Å². The molecular weight excluding hydrogens is 280 g/mol. The lowest BCUT2D eigenvalue weighted by Gasteiger charge is -2.09. The number of carbonyl (C=O) groups excluding carboxylic acids is 1. The number of rotatable bonds is 6. The van der Waals surface area contributed by atoms with Crippen LogP contribution in [-0.2, 0) is 6.42 Å². The molecule has 6 heteroatoms. The van der Waals surface area contributed by atoms with Gasteiger partial charge in [-0.15, -0.1) is 0 Å². The fraction of sp³-hybridized carbons (Fsp3) is 0.375. The Balaban J connectivity index is 2.02. The SMILES string of the molecule is CCc1ncncc1C(=O)Nc1ccc(OCC(C)C)nc1. The zero-order valence-corrected chi connectivity index (χ0v) is 13.0. The molecule has 0 aromatic carbocycles. The molecule has 0 saturated carbocycles. The highest BCUT2D eigenvalue weighted by Gasteiger charge is 2.12. The van der Waals surface area contributed by atoms with Crippen molar-refractivity contribution in [3.63, 3.8) is 0 Å². The van der Waals surface area contributed by atoms with Crippen molar-refractivity contribution in [1.82, 2.24) is 15.0 Å². The second-order valence-electron chi connectivity index (χ2n) is 5.28. The number of hydrogen-bond acceptors (Lipinski definition) is 5. The molecule has 0 aliphatic carbocycles. The zero-order chi connectivity index (χ0) is 15.9. The van der Waals surface area contributed by atoms with Crippen LogP contribution in [0.25, 0.3) is 0 Å². The molecule has 0 aliphatic heterocycles. The highest BCUT2D eigenvalue weighted by Crippen LogP contribution is 2.14. The molecule has 2 aromatic rings. The van der Waals surface area contributed by atoms with E-state index in [0.29, 0.717) is 36.1 Å². The van der Waals surface area contributed by atoms with E-state index >= 15 is 0 Å². The molecule has 0 spiro atoms. The number of carbonyl (C=O) groups is 1. The molecule has 0 radical (unpaired) electrons. The molecule has 22 heavy (non-hydrogen) atoms. The van der Waals surface area contributed by atoms with Gasteiger partial charge in [0.25, 0.3) is 5.91 Å². The maximum absolute atomic E-state index is 12.2. The average Bonchev–Trinajstić information content (AvgIpc) is 2.54. The lowest BCUT2D eigenvalue weighted by molar-refractivity contribution is 0.102. The van der Waals surface area contributed by atoms with Crippen LogP contribution in [0.15, 0.2) is 30.9 Å². The van der Waals surface area contributed by atoms with Crippen LogP contribution < -0.4 is 10.1 Å². The maximum Gasteiger partial charge on any atom is 0.259 e. The number of aryl methyl sites for hydroxylation is 1. The molecule has 0 atom stereocenters. The van der Waals surface area contributed by atoms with Crippen LogP contribution in [0.1, 0.15) is 36.8 Å². The van der Waals surface area contributed by atoms with Gasteiger partial charge >= 0.3 is 0 Å². The fourth-order valence-corrected chi connectivity index (χ4v) is 1.82. The van der Waals surface area contributed by atoms with E-state index in [4.69, 9.17) is 4.74 Å². The summed E-state index contributed by atoms with van der Waals surface area (Å²) in [6, 6.07) is 3.50. The summed E-state index contributed by atoms with van der Waals surface area (Å²) in [6.45, 7) is 6.70.